The van der Waals surface area contributed by atoms with Crippen molar-refractivity contribution in [2.45, 2.75) is 45.4 Å². The first kappa shape index (κ1) is 15.2. The highest BCUT2D eigenvalue weighted by molar-refractivity contribution is 6.01. The number of H-pyrrole nitrogens is 1. The number of fused-ring (bicyclic) bond motifs is 1. The van der Waals surface area contributed by atoms with Crippen LogP contribution in [-0.2, 0) is 4.79 Å². The number of aromatic amines is 1. The number of benzene rings is 1. The first-order chi connectivity index (χ1) is 12.1. The highest BCUT2D eigenvalue weighted by Gasteiger charge is 2.54. The van der Waals surface area contributed by atoms with Gasteiger partial charge in [0.1, 0.15) is 0 Å². The SMILES string of the molecule is Cc1[nH]c2ccccc2c1C=NNC(=O)C12CC3CC(CC(C3)C1)C2. The number of aryl methyl sites for hydroxylation is 1. The Morgan fingerprint density at radius 3 is 2.48 bits per heavy atom. The molecule has 2 aromatic rings. The smallest absolute Gasteiger partial charge is 0.246 e. The number of hydrogen-bond donors (Lipinski definition) is 2. The standard InChI is InChI=1S/C21H25N3O/c1-13-18(17-4-2-3-5-19(17)23-13)12-22-24-20(25)21-9-14-6-15(10-21)8-16(7-14)11-21/h2-5,12,14-16,23H,6-11H2,1H3,(H,24,25). The van der Waals surface area contributed by atoms with E-state index < -0.39 is 0 Å². The molecule has 1 aromatic carbocycles. The molecule has 25 heavy (non-hydrogen) atoms. The third-order valence-corrected chi connectivity index (χ3v) is 6.82. The van der Waals surface area contributed by atoms with Crippen molar-refractivity contribution in [1.82, 2.24) is 10.4 Å². The summed E-state index contributed by atoms with van der Waals surface area (Å²) in [5, 5.41) is 5.48. The van der Waals surface area contributed by atoms with Crippen molar-refractivity contribution in [3.05, 3.63) is 35.5 Å². The first-order valence-electron chi connectivity index (χ1n) is 9.54. The van der Waals surface area contributed by atoms with E-state index in [0.717, 1.165) is 59.2 Å². The zero-order valence-electron chi connectivity index (χ0n) is 14.7. The van der Waals surface area contributed by atoms with Gasteiger partial charge in [-0.2, -0.15) is 5.10 Å². The minimum atomic E-state index is -0.138. The van der Waals surface area contributed by atoms with E-state index in [1.165, 1.54) is 19.3 Å². The van der Waals surface area contributed by atoms with Crippen LogP contribution in [0.3, 0.4) is 0 Å². The van der Waals surface area contributed by atoms with E-state index in [4.69, 9.17) is 0 Å². The molecule has 4 fully saturated rings. The van der Waals surface area contributed by atoms with Crippen molar-refractivity contribution >= 4 is 23.0 Å². The van der Waals surface area contributed by atoms with Gasteiger partial charge >= 0.3 is 0 Å². The van der Waals surface area contributed by atoms with Crippen LogP contribution in [0.5, 0.6) is 0 Å². The molecule has 1 heterocycles. The second-order valence-corrected chi connectivity index (χ2v) is 8.61. The number of hydrazone groups is 1. The van der Waals surface area contributed by atoms with Crippen molar-refractivity contribution in [3.8, 4) is 0 Å². The van der Waals surface area contributed by atoms with Crippen molar-refractivity contribution in [2.24, 2.45) is 28.3 Å². The average molecular weight is 335 g/mol. The predicted molar refractivity (Wildman–Crippen MR) is 99.4 cm³/mol. The largest absolute Gasteiger partial charge is 0.358 e. The maximum absolute atomic E-state index is 12.9. The number of para-hydroxylation sites is 1. The number of carbonyl (C=O) groups excluding carboxylic acids is 1. The number of carbonyl (C=O) groups is 1. The number of nitrogens with one attached hydrogen (secondary N) is 2. The molecule has 4 bridgehead atoms. The van der Waals surface area contributed by atoms with Crippen LogP contribution in [-0.4, -0.2) is 17.1 Å². The van der Waals surface area contributed by atoms with Gasteiger partial charge in [-0.05, 0) is 69.3 Å². The molecule has 1 aromatic heterocycles. The topological polar surface area (TPSA) is 57.2 Å². The average Bonchev–Trinajstić information content (AvgIpc) is 2.89. The number of aromatic nitrogens is 1. The fraction of sp³-hybridized carbons (Fsp3) is 0.524. The molecule has 0 atom stereocenters. The lowest BCUT2D eigenvalue weighted by atomic mass is 9.49. The fourth-order valence-corrected chi connectivity index (χ4v) is 6.13. The molecule has 0 unspecified atom stereocenters. The number of hydrogen-bond acceptors (Lipinski definition) is 2. The van der Waals surface area contributed by atoms with Gasteiger partial charge < -0.3 is 4.98 Å². The van der Waals surface area contributed by atoms with Gasteiger partial charge in [-0.15, -0.1) is 0 Å². The third kappa shape index (κ3) is 2.42. The van der Waals surface area contributed by atoms with Crippen LogP contribution >= 0.6 is 0 Å². The summed E-state index contributed by atoms with van der Waals surface area (Å²) in [6, 6.07) is 8.20. The van der Waals surface area contributed by atoms with E-state index in [1.807, 2.05) is 19.1 Å². The molecule has 0 spiro atoms. The van der Waals surface area contributed by atoms with E-state index >= 15 is 0 Å². The highest BCUT2D eigenvalue weighted by atomic mass is 16.2. The minimum absolute atomic E-state index is 0.138. The maximum atomic E-state index is 12.9. The van der Waals surface area contributed by atoms with Crippen LogP contribution in [0.2, 0.25) is 0 Å². The Kier molecular flexibility index (Phi) is 3.31. The Morgan fingerprint density at radius 2 is 1.80 bits per heavy atom. The molecule has 4 aliphatic rings. The molecule has 4 heteroatoms. The molecule has 130 valence electrons. The number of rotatable bonds is 3. The Morgan fingerprint density at radius 1 is 1.16 bits per heavy atom. The Balaban J connectivity index is 1.35. The van der Waals surface area contributed by atoms with Crippen molar-refractivity contribution in [1.29, 1.82) is 0 Å². The van der Waals surface area contributed by atoms with Crippen LogP contribution in [0, 0.1) is 30.1 Å². The van der Waals surface area contributed by atoms with Gasteiger partial charge in [0, 0.05) is 22.2 Å². The third-order valence-electron chi connectivity index (χ3n) is 6.82. The van der Waals surface area contributed by atoms with Crippen LogP contribution in [0.25, 0.3) is 10.9 Å². The second-order valence-electron chi connectivity index (χ2n) is 8.61. The Labute approximate surface area is 148 Å². The predicted octanol–water partition coefficient (Wildman–Crippen LogP) is 4.14. The van der Waals surface area contributed by atoms with Crippen LogP contribution < -0.4 is 5.43 Å². The molecule has 0 radical (unpaired) electrons. The van der Waals surface area contributed by atoms with Crippen LogP contribution in [0.1, 0.15) is 49.8 Å². The lowest BCUT2D eigenvalue weighted by Gasteiger charge is -2.55. The molecular weight excluding hydrogens is 310 g/mol. The summed E-state index contributed by atoms with van der Waals surface area (Å²) in [6.45, 7) is 2.04. The van der Waals surface area contributed by atoms with E-state index in [9.17, 15) is 4.79 Å². The molecule has 0 aliphatic heterocycles. The Hall–Kier alpha value is -2.10. The summed E-state index contributed by atoms with van der Waals surface area (Å²) in [5.41, 5.74) is 5.99. The fourth-order valence-electron chi connectivity index (χ4n) is 6.13. The van der Waals surface area contributed by atoms with Gasteiger partial charge in [0.25, 0.3) is 0 Å². The highest BCUT2D eigenvalue weighted by Crippen LogP contribution is 2.60. The monoisotopic (exact) mass is 335 g/mol. The van der Waals surface area contributed by atoms with Gasteiger partial charge in [-0.1, -0.05) is 18.2 Å². The summed E-state index contributed by atoms with van der Waals surface area (Å²) >= 11 is 0. The van der Waals surface area contributed by atoms with Gasteiger partial charge in [-0.25, -0.2) is 5.43 Å². The lowest BCUT2D eigenvalue weighted by molar-refractivity contribution is -0.146. The summed E-state index contributed by atoms with van der Waals surface area (Å²) in [4.78, 5) is 16.3. The van der Waals surface area contributed by atoms with Crippen LogP contribution in [0.15, 0.2) is 29.4 Å². The quantitative estimate of drug-likeness (QED) is 0.643. The van der Waals surface area contributed by atoms with Gasteiger partial charge in [0.2, 0.25) is 5.91 Å². The number of nitrogens with zero attached hydrogens (tertiary/aromatic N) is 1. The van der Waals surface area contributed by atoms with Crippen molar-refractivity contribution < 1.29 is 4.79 Å². The molecule has 0 saturated heterocycles. The second kappa shape index (κ2) is 5.45. The zero-order chi connectivity index (χ0) is 17.0. The summed E-state index contributed by atoms with van der Waals surface area (Å²) in [6.07, 6.45) is 9.08. The molecule has 4 nitrogen and oxygen atoms in total. The van der Waals surface area contributed by atoms with Crippen LogP contribution in [0.4, 0.5) is 0 Å². The lowest BCUT2D eigenvalue weighted by Crippen LogP contribution is -2.52. The molecule has 4 saturated carbocycles. The van der Waals surface area contributed by atoms with E-state index in [0.29, 0.717) is 0 Å². The van der Waals surface area contributed by atoms with Crippen molar-refractivity contribution in [2.75, 3.05) is 0 Å². The van der Waals surface area contributed by atoms with E-state index in [-0.39, 0.29) is 11.3 Å². The zero-order valence-corrected chi connectivity index (χ0v) is 14.7. The summed E-state index contributed by atoms with van der Waals surface area (Å²) in [5.74, 6) is 2.48. The van der Waals surface area contributed by atoms with Gasteiger partial charge in [0.05, 0.1) is 11.6 Å². The van der Waals surface area contributed by atoms with E-state index in [2.05, 4.69) is 27.6 Å². The maximum Gasteiger partial charge on any atom is 0.246 e. The van der Waals surface area contributed by atoms with Gasteiger partial charge in [0.15, 0.2) is 0 Å². The van der Waals surface area contributed by atoms with Crippen molar-refractivity contribution in [3.63, 3.8) is 0 Å². The Bertz CT molecular complexity index is 828. The summed E-state index contributed by atoms with van der Waals surface area (Å²) in [7, 11) is 0. The minimum Gasteiger partial charge on any atom is -0.358 e. The molecule has 1 amide bonds. The normalized spacial score (nSPS) is 33.4. The summed E-state index contributed by atoms with van der Waals surface area (Å²) < 4.78 is 0. The molecule has 2 N–H and O–H groups in total. The molecular formula is C21H25N3O. The molecule has 4 aliphatic carbocycles. The first-order valence-corrected chi connectivity index (χ1v) is 9.54. The molecule has 6 rings (SSSR count). The van der Waals surface area contributed by atoms with E-state index in [1.54, 1.807) is 6.21 Å². The number of amides is 1. The van der Waals surface area contributed by atoms with Gasteiger partial charge in [-0.3, -0.25) is 4.79 Å².